The molecule has 0 aliphatic carbocycles. The summed E-state index contributed by atoms with van der Waals surface area (Å²) in [5, 5.41) is 2.51. The Balaban J connectivity index is 3.85. The Labute approximate surface area is 230 Å². The lowest BCUT2D eigenvalue weighted by molar-refractivity contribution is -0.304. The molecule has 1 amide bonds. The quantitative estimate of drug-likeness (QED) is 0.176. The van der Waals surface area contributed by atoms with Crippen molar-refractivity contribution in [2.45, 2.75) is 90.1 Å². The molecule has 1 rings (SSSR count). The lowest BCUT2D eigenvalue weighted by Gasteiger charge is -2.48. The smallest absolute Gasteiger partial charge is 0.379 e. The first-order valence-electron chi connectivity index (χ1n) is 12.2. The van der Waals surface area contributed by atoms with Gasteiger partial charge in [-0.15, -0.1) is 6.58 Å². The first kappa shape index (κ1) is 34.0. The average molecular weight is 574 g/mol. The van der Waals surface area contributed by atoms with Crippen LogP contribution in [-0.2, 0) is 66.7 Å². The van der Waals surface area contributed by atoms with Crippen molar-refractivity contribution in [2.24, 2.45) is 0 Å². The molecule has 1 fully saturated rings. The monoisotopic (exact) mass is 573 g/mol. The van der Waals surface area contributed by atoms with Crippen LogP contribution in [0, 0.1) is 0 Å². The summed E-state index contributed by atoms with van der Waals surface area (Å²) in [5.74, 6) is -8.83. The van der Waals surface area contributed by atoms with Crippen LogP contribution in [0.4, 0.5) is 0 Å². The van der Waals surface area contributed by atoms with E-state index in [9.17, 15) is 33.6 Å². The molecule has 0 radical (unpaired) electrons. The van der Waals surface area contributed by atoms with Crippen molar-refractivity contribution in [1.82, 2.24) is 5.32 Å². The van der Waals surface area contributed by atoms with Crippen LogP contribution in [0.5, 0.6) is 0 Å². The molecule has 1 N–H and O–H groups in total. The fraction of sp³-hybridized carbons (Fsp3) is 0.640. The van der Waals surface area contributed by atoms with E-state index in [1.165, 1.54) is 6.08 Å². The Morgan fingerprint density at radius 3 is 2.08 bits per heavy atom. The maximum absolute atomic E-state index is 13.1. The van der Waals surface area contributed by atoms with E-state index in [-0.39, 0.29) is 12.8 Å². The van der Waals surface area contributed by atoms with Gasteiger partial charge in [0.25, 0.3) is 0 Å². The number of nitrogens with one attached hydrogen (secondary N) is 1. The van der Waals surface area contributed by atoms with Crippen molar-refractivity contribution in [3.63, 3.8) is 0 Å². The van der Waals surface area contributed by atoms with Gasteiger partial charge < -0.3 is 38.5 Å². The number of ether oxygens (including phenoxy) is 7. The Bertz CT molecular complexity index is 994. The van der Waals surface area contributed by atoms with E-state index < -0.39 is 91.0 Å². The molecule has 15 heteroatoms. The van der Waals surface area contributed by atoms with Crippen LogP contribution in [0.1, 0.15) is 53.9 Å². The molecule has 1 heterocycles. The van der Waals surface area contributed by atoms with Crippen LogP contribution in [0.3, 0.4) is 0 Å². The molecule has 0 saturated carbocycles. The van der Waals surface area contributed by atoms with E-state index in [0.29, 0.717) is 0 Å². The summed E-state index contributed by atoms with van der Waals surface area (Å²) in [6.45, 7) is 8.15. The number of amides is 1. The fourth-order valence-electron chi connectivity index (χ4n) is 3.96. The van der Waals surface area contributed by atoms with Crippen LogP contribution in [0.15, 0.2) is 12.7 Å². The third-order valence-corrected chi connectivity index (χ3v) is 5.33. The number of rotatable bonds is 13. The summed E-state index contributed by atoms with van der Waals surface area (Å²) < 4.78 is 37.2. The average Bonchev–Trinajstić information content (AvgIpc) is 2.83. The number of hydrogen-bond acceptors (Lipinski definition) is 14. The van der Waals surface area contributed by atoms with Gasteiger partial charge in [0.2, 0.25) is 5.91 Å². The molecule has 224 valence electrons. The fourth-order valence-corrected chi connectivity index (χ4v) is 3.96. The minimum absolute atomic E-state index is 0.175. The van der Waals surface area contributed by atoms with Gasteiger partial charge in [-0.05, 0) is 6.42 Å². The first-order chi connectivity index (χ1) is 18.6. The summed E-state index contributed by atoms with van der Waals surface area (Å²) in [7, 11) is 0.979. The zero-order chi connectivity index (χ0) is 30.6. The molecular weight excluding hydrogens is 538 g/mol. The van der Waals surface area contributed by atoms with Gasteiger partial charge in [0.1, 0.15) is 18.8 Å². The normalized spacial score (nSPS) is 23.3. The topological polar surface area (TPSA) is 196 Å². The highest BCUT2D eigenvalue weighted by Gasteiger charge is 2.60. The molecule has 0 aromatic rings. The standard InChI is InChI=1S/C25H35NO14/c1-8-9-10-20(32)39-25(24(33)34-7)11-18(36-15(4)29)21(26-13(2)27)23(40-25)22(38-17(6)31)19(37-16(5)30)12-35-14(3)28/h8,18-19,21-23H,1,9-12H2,2-7H3,(H,26,27)/t18-,19+,21+,22+,23+,25-/m0/s1. The lowest BCUT2D eigenvalue weighted by atomic mass is 9.88. The minimum Gasteiger partial charge on any atom is -0.464 e. The second-order valence-electron chi connectivity index (χ2n) is 8.73. The molecule has 15 nitrogen and oxygen atoms in total. The van der Waals surface area contributed by atoms with Crippen LogP contribution in [0.2, 0.25) is 0 Å². The minimum atomic E-state index is -2.58. The summed E-state index contributed by atoms with van der Waals surface area (Å²) in [4.78, 5) is 85.6. The third-order valence-electron chi connectivity index (χ3n) is 5.33. The van der Waals surface area contributed by atoms with Gasteiger partial charge in [-0.3, -0.25) is 28.8 Å². The molecule has 0 aromatic heterocycles. The second kappa shape index (κ2) is 15.5. The molecule has 0 spiro atoms. The van der Waals surface area contributed by atoms with Crippen molar-refractivity contribution in [3.8, 4) is 0 Å². The third kappa shape index (κ3) is 10.3. The highest BCUT2D eigenvalue weighted by Crippen LogP contribution is 2.37. The van der Waals surface area contributed by atoms with E-state index in [1.807, 2.05) is 0 Å². The SMILES string of the molecule is C=CCCC(=O)O[C@@]1(C(=O)OC)C[C@H](OC(C)=O)[C@@H](NC(C)=O)[C@H]([C@H](OC(C)=O)[C@@H](COC(C)=O)OC(C)=O)O1. The zero-order valence-corrected chi connectivity index (χ0v) is 23.2. The van der Waals surface area contributed by atoms with Crippen LogP contribution >= 0.6 is 0 Å². The van der Waals surface area contributed by atoms with E-state index in [4.69, 9.17) is 33.2 Å². The van der Waals surface area contributed by atoms with Gasteiger partial charge in [0.05, 0.1) is 19.6 Å². The number of carbonyl (C=O) groups excluding carboxylic acids is 7. The Morgan fingerprint density at radius 2 is 1.60 bits per heavy atom. The number of esters is 6. The maximum Gasteiger partial charge on any atom is 0.379 e. The van der Waals surface area contributed by atoms with E-state index in [1.54, 1.807) is 0 Å². The highest BCUT2D eigenvalue weighted by atomic mass is 16.8. The van der Waals surface area contributed by atoms with Crippen LogP contribution in [0.25, 0.3) is 0 Å². The molecule has 0 bridgehead atoms. The van der Waals surface area contributed by atoms with Crippen LogP contribution in [-0.4, -0.2) is 91.7 Å². The van der Waals surface area contributed by atoms with Gasteiger partial charge in [0.15, 0.2) is 12.2 Å². The predicted octanol–water partition coefficient (Wildman–Crippen LogP) is 0.0169. The van der Waals surface area contributed by atoms with Gasteiger partial charge in [-0.1, -0.05) is 6.08 Å². The Hall–Kier alpha value is -4.01. The number of allylic oxidation sites excluding steroid dienone is 1. The molecule has 0 aromatic carbocycles. The largest absolute Gasteiger partial charge is 0.464 e. The lowest BCUT2D eigenvalue weighted by Crippen LogP contribution is -2.69. The Kier molecular flexibility index (Phi) is 13.2. The van der Waals surface area contributed by atoms with E-state index >= 15 is 0 Å². The van der Waals surface area contributed by atoms with Gasteiger partial charge in [0, 0.05) is 41.0 Å². The predicted molar refractivity (Wildman–Crippen MR) is 131 cm³/mol. The summed E-state index contributed by atoms with van der Waals surface area (Å²) in [6, 6.07) is -1.37. The molecule has 6 atom stereocenters. The molecule has 1 saturated heterocycles. The summed E-state index contributed by atoms with van der Waals surface area (Å²) in [6.07, 6.45) is -5.68. The molecule has 1 aliphatic rings. The second-order valence-corrected chi connectivity index (χ2v) is 8.73. The van der Waals surface area contributed by atoms with Crippen molar-refractivity contribution >= 4 is 41.7 Å². The van der Waals surface area contributed by atoms with Crippen molar-refractivity contribution in [1.29, 1.82) is 0 Å². The molecule has 40 heavy (non-hydrogen) atoms. The van der Waals surface area contributed by atoms with E-state index in [2.05, 4.69) is 11.9 Å². The van der Waals surface area contributed by atoms with E-state index in [0.717, 1.165) is 41.7 Å². The van der Waals surface area contributed by atoms with Gasteiger partial charge in [-0.25, -0.2) is 4.79 Å². The summed E-state index contributed by atoms with van der Waals surface area (Å²) in [5.41, 5.74) is 0. The molecule has 0 unspecified atom stereocenters. The highest BCUT2D eigenvalue weighted by molar-refractivity contribution is 5.82. The summed E-state index contributed by atoms with van der Waals surface area (Å²) >= 11 is 0. The maximum atomic E-state index is 13.1. The Morgan fingerprint density at radius 1 is 0.975 bits per heavy atom. The van der Waals surface area contributed by atoms with Crippen molar-refractivity contribution in [2.75, 3.05) is 13.7 Å². The van der Waals surface area contributed by atoms with Crippen molar-refractivity contribution in [3.05, 3.63) is 12.7 Å². The number of hydrogen-bond donors (Lipinski definition) is 1. The zero-order valence-electron chi connectivity index (χ0n) is 23.2. The molecular formula is C25H35NO14. The number of carbonyl (C=O) groups is 7. The van der Waals surface area contributed by atoms with Crippen LogP contribution < -0.4 is 5.32 Å². The van der Waals surface area contributed by atoms with Gasteiger partial charge in [-0.2, -0.15) is 0 Å². The first-order valence-corrected chi connectivity index (χ1v) is 12.2. The number of methoxy groups -OCH3 is 1. The van der Waals surface area contributed by atoms with Gasteiger partial charge >= 0.3 is 41.6 Å². The molecule has 1 aliphatic heterocycles. The van der Waals surface area contributed by atoms with Crippen molar-refractivity contribution < 1.29 is 66.7 Å².